The summed E-state index contributed by atoms with van der Waals surface area (Å²) in [5, 5.41) is 12.0. The standard InChI is InChI=1S/C12H17N5/c13-6-9-3-4-11-15-16-12(17(11)8-9)10-2-1-5-14-7-10/h3-4,8,10,14H,1-2,5-7,13H2. The van der Waals surface area contributed by atoms with Gasteiger partial charge in [-0.15, -0.1) is 10.2 Å². The minimum atomic E-state index is 0.465. The van der Waals surface area contributed by atoms with Crippen molar-refractivity contribution in [3.8, 4) is 0 Å². The van der Waals surface area contributed by atoms with Crippen molar-refractivity contribution in [1.29, 1.82) is 0 Å². The summed E-state index contributed by atoms with van der Waals surface area (Å²) in [6, 6.07) is 3.99. The number of pyridine rings is 1. The van der Waals surface area contributed by atoms with Gasteiger partial charge in [-0.25, -0.2) is 0 Å². The van der Waals surface area contributed by atoms with E-state index in [0.29, 0.717) is 12.5 Å². The first-order chi connectivity index (χ1) is 8.38. The van der Waals surface area contributed by atoms with Crippen molar-refractivity contribution in [2.24, 2.45) is 5.73 Å². The first kappa shape index (κ1) is 10.7. The molecule has 1 fully saturated rings. The van der Waals surface area contributed by atoms with Gasteiger partial charge < -0.3 is 11.1 Å². The van der Waals surface area contributed by atoms with Gasteiger partial charge in [0.25, 0.3) is 0 Å². The van der Waals surface area contributed by atoms with Crippen molar-refractivity contribution in [3.63, 3.8) is 0 Å². The second-order valence-corrected chi connectivity index (χ2v) is 4.57. The number of aromatic nitrogens is 3. The zero-order chi connectivity index (χ0) is 11.7. The zero-order valence-corrected chi connectivity index (χ0v) is 9.76. The molecule has 2 aromatic rings. The van der Waals surface area contributed by atoms with Crippen LogP contribution in [0.5, 0.6) is 0 Å². The van der Waals surface area contributed by atoms with E-state index in [1.165, 1.54) is 12.8 Å². The summed E-state index contributed by atoms with van der Waals surface area (Å²) >= 11 is 0. The van der Waals surface area contributed by atoms with E-state index >= 15 is 0 Å². The second kappa shape index (κ2) is 4.43. The van der Waals surface area contributed by atoms with E-state index in [9.17, 15) is 0 Å². The molecule has 3 N–H and O–H groups in total. The summed E-state index contributed by atoms with van der Waals surface area (Å²) in [6.07, 6.45) is 4.44. The Labute approximate surface area is 100 Å². The van der Waals surface area contributed by atoms with Crippen LogP contribution in [0, 0.1) is 0 Å². The molecule has 0 saturated carbocycles. The Balaban J connectivity index is 2.02. The average Bonchev–Trinajstić information content (AvgIpc) is 2.82. The van der Waals surface area contributed by atoms with Crippen LogP contribution in [-0.4, -0.2) is 27.7 Å². The topological polar surface area (TPSA) is 68.2 Å². The van der Waals surface area contributed by atoms with Gasteiger partial charge in [-0.05, 0) is 31.0 Å². The molecule has 1 aliphatic rings. The number of nitrogens with one attached hydrogen (secondary N) is 1. The highest BCUT2D eigenvalue weighted by molar-refractivity contribution is 5.40. The Morgan fingerprint density at radius 2 is 2.35 bits per heavy atom. The van der Waals surface area contributed by atoms with Crippen LogP contribution in [0.3, 0.4) is 0 Å². The van der Waals surface area contributed by atoms with Crippen LogP contribution < -0.4 is 11.1 Å². The molecular formula is C12H17N5. The first-order valence-electron chi connectivity index (χ1n) is 6.13. The van der Waals surface area contributed by atoms with Gasteiger partial charge in [0.05, 0.1) is 0 Å². The summed E-state index contributed by atoms with van der Waals surface area (Å²) in [4.78, 5) is 0. The van der Waals surface area contributed by atoms with E-state index in [2.05, 4.69) is 26.1 Å². The highest BCUT2D eigenvalue weighted by Crippen LogP contribution is 2.22. The number of piperidine rings is 1. The molecule has 17 heavy (non-hydrogen) atoms. The lowest BCUT2D eigenvalue weighted by molar-refractivity contribution is 0.444. The maximum Gasteiger partial charge on any atom is 0.160 e. The Hall–Kier alpha value is -1.46. The lowest BCUT2D eigenvalue weighted by Gasteiger charge is -2.21. The fourth-order valence-electron chi connectivity index (χ4n) is 2.42. The largest absolute Gasteiger partial charge is 0.326 e. The van der Waals surface area contributed by atoms with Crippen molar-refractivity contribution < 1.29 is 0 Å². The molecule has 1 atom stereocenters. The number of hydrogen-bond acceptors (Lipinski definition) is 4. The molecule has 0 amide bonds. The van der Waals surface area contributed by atoms with Gasteiger partial charge >= 0.3 is 0 Å². The summed E-state index contributed by atoms with van der Waals surface area (Å²) < 4.78 is 2.08. The van der Waals surface area contributed by atoms with E-state index in [4.69, 9.17) is 5.73 Å². The SMILES string of the molecule is NCc1ccc2nnc(C3CCCNC3)n2c1. The molecule has 0 spiro atoms. The minimum Gasteiger partial charge on any atom is -0.326 e. The molecule has 90 valence electrons. The molecule has 3 rings (SSSR count). The van der Waals surface area contributed by atoms with Crippen LogP contribution in [0.4, 0.5) is 0 Å². The Morgan fingerprint density at radius 3 is 3.12 bits per heavy atom. The van der Waals surface area contributed by atoms with Gasteiger partial charge in [-0.3, -0.25) is 4.40 Å². The second-order valence-electron chi connectivity index (χ2n) is 4.57. The maximum absolute atomic E-state index is 5.67. The Bertz CT molecular complexity index is 513. The fourth-order valence-corrected chi connectivity index (χ4v) is 2.42. The third-order valence-corrected chi connectivity index (χ3v) is 3.39. The maximum atomic E-state index is 5.67. The molecule has 0 aliphatic carbocycles. The average molecular weight is 231 g/mol. The van der Waals surface area contributed by atoms with Crippen LogP contribution in [0.15, 0.2) is 18.3 Å². The van der Waals surface area contributed by atoms with Gasteiger partial charge in [0.15, 0.2) is 5.65 Å². The van der Waals surface area contributed by atoms with Gasteiger partial charge in [0.1, 0.15) is 5.82 Å². The van der Waals surface area contributed by atoms with E-state index in [-0.39, 0.29) is 0 Å². The molecule has 1 aliphatic heterocycles. The van der Waals surface area contributed by atoms with Gasteiger partial charge in [0, 0.05) is 25.2 Å². The van der Waals surface area contributed by atoms with E-state index in [0.717, 1.165) is 30.1 Å². The monoisotopic (exact) mass is 231 g/mol. The normalized spacial score (nSPS) is 20.9. The van der Waals surface area contributed by atoms with Gasteiger partial charge in [0.2, 0.25) is 0 Å². The third kappa shape index (κ3) is 1.92. The molecule has 1 unspecified atom stereocenters. The highest BCUT2D eigenvalue weighted by atomic mass is 15.2. The molecule has 1 saturated heterocycles. The number of nitrogens with two attached hydrogens (primary N) is 1. The fraction of sp³-hybridized carbons (Fsp3) is 0.500. The van der Waals surface area contributed by atoms with E-state index in [1.807, 2.05) is 12.1 Å². The van der Waals surface area contributed by atoms with Crippen LogP contribution in [0.25, 0.3) is 5.65 Å². The predicted molar refractivity (Wildman–Crippen MR) is 65.7 cm³/mol. The van der Waals surface area contributed by atoms with Crippen molar-refractivity contribution in [2.45, 2.75) is 25.3 Å². The highest BCUT2D eigenvalue weighted by Gasteiger charge is 2.20. The van der Waals surface area contributed by atoms with E-state index in [1.54, 1.807) is 0 Å². The van der Waals surface area contributed by atoms with Crippen molar-refractivity contribution in [3.05, 3.63) is 29.7 Å². The molecule has 0 aromatic carbocycles. The number of hydrogen-bond donors (Lipinski definition) is 2. The molecule has 5 nitrogen and oxygen atoms in total. The smallest absolute Gasteiger partial charge is 0.160 e. The van der Waals surface area contributed by atoms with Crippen LogP contribution in [-0.2, 0) is 6.54 Å². The lowest BCUT2D eigenvalue weighted by atomic mass is 9.99. The quantitative estimate of drug-likeness (QED) is 0.796. The molecule has 3 heterocycles. The molecular weight excluding hydrogens is 214 g/mol. The Kier molecular flexibility index (Phi) is 2.78. The molecule has 2 aromatic heterocycles. The number of fused-ring (bicyclic) bond motifs is 1. The summed E-state index contributed by atoms with van der Waals surface area (Å²) in [6.45, 7) is 2.66. The Morgan fingerprint density at radius 1 is 1.41 bits per heavy atom. The summed E-state index contributed by atoms with van der Waals surface area (Å²) in [5.74, 6) is 1.52. The van der Waals surface area contributed by atoms with Crippen LogP contribution in [0.2, 0.25) is 0 Å². The summed E-state index contributed by atoms with van der Waals surface area (Å²) in [7, 11) is 0. The molecule has 0 bridgehead atoms. The van der Waals surface area contributed by atoms with Crippen molar-refractivity contribution in [1.82, 2.24) is 19.9 Å². The first-order valence-corrected chi connectivity index (χ1v) is 6.13. The van der Waals surface area contributed by atoms with Gasteiger partial charge in [-0.2, -0.15) is 0 Å². The number of nitrogens with zero attached hydrogens (tertiary/aromatic N) is 3. The van der Waals surface area contributed by atoms with Crippen molar-refractivity contribution >= 4 is 5.65 Å². The molecule has 0 radical (unpaired) electrons. The van der Waals surface area contributed by atoms with Crippen LogP contribution >= 0.6 is 0 Å². The zero-order valence-electron chi connectivity index (χ0n) is 9.76. The predicted octanol–water partition coefficient (Wildman–Crippen LogP) is 0.655. The van der Waals surface area contributed by atoms with E-state index < -0.39 is 0 Å². The lowest BCUT2D eigenvalue weighted by Crippen LogP contribution is -2.29. The van der Waals surface area contributed by atoms with Crippen LogP contribution in [0.1, 0.15) is 30.1 Å². The van der Waals surface area contributed by atoms with Crippen molar-refractivity contribution in [2.75, 3.05) is 13.1 Å². The number of rotatable bonds is 2. The summed E-state index contributed by atoms with van der Waals surface area (Å²) in [5.41, 5.74) is 7.69. The minimum absolute atomic E-state index is 0.465. The molecule has 5 heteroatoms. The third-order valence-electron chi connectivity index (χ3n) is 3.39. The van der Waals surface area contributed by atoms with Gasteiger partial charge in [-0.1, -0.05) is 6.07 Å².